The molecule has 0 saturated heterocycles. The van der Waals surface area contributed by atoms with Gasteiger partial charge in [-0.25, -0.2) is 0 Å². The molecule has 2 heteroatoms. The summed E-state index contributed by atoms with van der Waals surface area (Å²) in [6.45, 7) is 8.26. The van der Waals surface area contributed by atoms with Crippen molar-refractivity contribution in [2.24, 2.45) is 11.7 Å². The predicted molar refractivity (Wildman–Crippen MR) is 90.1 cm³/mol. The van der Waals surface area contributed by atoms with Crippen molar-refractivity contribution in [1.29, 1.82) is 0 Å². The van der Waals surface area contributed by atoms with Crippen LogP contribution in [-0.4, -0.2) is 5.91 Å². The molecule has 0 aliphatic heterocycles. The van der Waals surface area contributed by atoms with Crippen molar-refractivity contribution >= 4 is 5.91 Å². The first kappa shape index (κ1) is 17.5. The maximum atomic E-state index is 11.4. The Labute approximate surface area is 129 Å². The van der Waals surface area contributed by atoms with Crippen molar-refractivity contribution in [3.63, 3.8) is 0 Å². The number of carbonyl (C=O) groups is 1. The third-order valence-corrected chi connectivity index (χ3v) is 4.22. The monoisotopic (exact) mass is 287 g/mol. The molecule has 1 amide bonds. The van der Waals surface area contributed by atoms with E-state index in [4.69, 9.17) is 5.73 Å². The van der Waals surface area contributed by atoms with Gasteiger partial charge in [0.2, 0.25) is 5.91 Å². The number of carbonyl (C=O) groups excluding carboxylic acids is 1. The Hall–Kier alpha value is -1.57. The van der Waals surface area contributed by atoms with E-state index in [0.29, 0.717) is 11.5 Å². The summed E-state index contributed by atoms with van der Waals surface area (Å²) in [5, 5.41) is 0. The molecule has 1 aromatic carbocycles. The van der Waals surface area contributed by atoms with Crippen molar-refractivity contribution < 1.29 is 4.79 Å². The van der Waals surface area contributed by atoms with E-state index in [-0.39, 0.29) is 11.8 Å². The SMILES string of the molecule is C=C(C(N)=O)C(CCC)CCC(CCC)c1ccccc1. The van der Waals surface area contributed by atoms with Crippen molar-refractivity contribution in [2.75, 3.05) is 0 Å². The highest BCUT2D eigenvalue weighted by atomic mass is 16.1. The molecule has 0 saturated carbocycles. The lowest BCUT2D eigenvalue weighted by Crippen LogP contribution is -2.20. The van der Waals surface area contributed by atoms with E-state index in [9.17, 15) is 4.79 Å². The third kappa shape index (κ3) is 5.74. The summed E-state index contributed by atoms with van der Waals surface area (Å²) in [5.74, 6) is 0.451. The first-order valence-corrected chi connectivity index (χ1v) is 8.13. The smallest absolute Gasteiger partial charge is 0.244 e. The summed E-state index contributed by atoms with van der Waals surface area (Å²) in [6.07, 6.45) is 6.50. The lowest BCUT2D eigenvalue weighted by atomic mass is 9.83. The van der Waals surface area contributed by atoms with Crippen LogP contribution in [0.4, 0.5) is 0 Å². The third-order valence-electron chi connectivity index (χ3n) is 4.22. The van der Waals surface area contributed by atoms with Crippen LogP contribution in [0.3, 0.4) is 0 Å². The fourth-order valence-corrected chi connectivity index (χ4v) is 3.00. The summed E-state index contributed by atoms with van der Waals surface area (Å²) in [5.41, 5.74) is 7.40. The first-order valence-electron chi connectivity index (χ1n) is 8.13. The maximum absolute atomic E-state index is 11.4. The van der Waals surface area contributed by atoms with E-state index in [0.717, 1.165) is 25.7 Å². The van der Waals surface area contributed by atoms with Crippen LogP contribution in [0.15, 0.2) is 42.5 Å². The lowest BCUT2D eigenvalue weighted by molar-refractivity contribution is -0.115. The van der Waals surface area contributed by atoms with Gasteiger partial charge in [-0.2, -0.15) is 0 Å². The summed E-state index contributed by atoms with van der Waals surface area (Å²) in [6, 6.07) is 10.7. The number of hydrogen-bond donors (Lipinski definition) is 1. The number of benzene rings is 1. The zero-order valence-corrected chi connectivity index (χ0v) is 13.5. The normalized spacial score (nSPS) is 13.6. The Morgan fingerprint density at radius 2 is 1.67 bits per heavy atom. The fraction of sp³-hybridized carbons (Fsp3) is 0.526. The summed E-state index contributed by atoms with van der Waals surface area (Å²) >= 11 is 0. The zero-order chi connectivity index (χ0) is 15.7. The molecule has 2 nitrogen and oxygen atoms in total. The minimum atomic E-state index is -0.347. The molecule has 1 aromatic rings. The number of rotatable bonds is 10. The molecule has 1 rings (SSSR count). The van der Waals surface area contributed by atoms with Crippen LogP contribution in [0.5, 0.6) is 0 Å². The largest absolute Gasteiger partial charge is 0.366 e. The Morgan fingerprint density at radius 1 is 1.05 bits per heavy atom. The van der Waals surface area contributed by atoms with Crippen LogP contribution in [0.25, 0.3) is 0 Å². The van der Waals surface area contributed by atoms with Gasteiger partial charge in [0.05, 0.1) is 0 Å². The molecule has 21 heavy (non-hydrogen) atoms. The van der Waals surface area contributed by atoms with Gasteiger partial charge in [0.1, 0.15) is 0 Å². The fourth-order valence-electron chi connectivity index (χ4n) is 3.00. The van der Waals surface area contributed by atoms with Gasteiger partial charge < -0.3 is 5.73 Å². The molecule has 2 N–H and O–H groups in total. The minimum Gasteiger partial charge on any atom is -0.366 e. The Balaban J connectivity index is 2.70. The van der Waals surface area contributed by atoms with E-state index in [2.05, 4.69) is 50.8 Å². The average Bonchev–Trinajstić information content (AvgIpc) is 2.50. The minimum absolute atomic E-state index is 0.232. The summed E-state index contributed by atoms with van der Waals surface area (Å²) < 4.78 is 0. The molecule has 0 aliphatic rings. The second kappa shape index (κ2) is 9.38. The van der Waals surface area contributed by atoms with Gasteiger partial charge in [-0.15, -0.1) is 0 Å². The van der Waals surface area contributed by atoms with Crippen LogP contribution < -0.4 is 5.73 Å². The van der Waals surface area contributed by atoms with Crippen LogP contribution in [0.2, 0.25) is 0 Å². The molecule has 0 radical (unpaired) electrons. The Kier molecular flexibility index (Phi) is 7.81. The quantitative estimate of drug-likeness (QED) is 0.617. The standard InChI is InChI=1S/C19H29NO/c1-4-9-16(15(3)19(20)21)13-14-17(10-5-2)18-11-7-6-8-12-18/h6-8,11-12,16-17H,3-5,9-10,13-14H2,1-2H3,(H2,20,21). The molecule has 0 aliphatic carbocycles. The van der Waals surface area contributed by atoms with Crippen LogP contribution >= 0.6 is 0 Å². The zero-order valence-electron chi connectivity index (χ0n) is 13.5. The highest BCUT2D eigenvalue weighted by Gasteiger charge is 2.19. The van der Waals surface area contributed by atoms with E-state index in [1.807, 2.05) is 0 Å². The summed E-state index contributed by atoms with van der Waals surface area (Å²) in [7, 11) is 0. The molecule has 0 aromatic heterocycles. The van der Waals surface area contributed by atoms with Crippen molar-refractivity contribution in [1.82, 2.24) is 0 Å². The molecular formula is C19H29NO. The Morgan fingerprint density at radius 3 is 2.19 bits per heavy atom. The Bertz CT molecular complexity index is 438. The number of amides is 1. The second-order valence-corrected chi connectivity index (χ2v) is 5.85. The van der Waals surface area contributed by atoms with Gasteiger partial charge in [-0.3, -0.25) is 4.79 Å². The van der Waals surface area contributed by atoms with E-state index in [1.54, 1.807) is 0 Å². The van der Waals surface area contributed by atoms with Crippen molar-refractivity contribution in [3.05, 3.63) is 48.0 Å². The molecule has 116 valence electrons. The topological polar surface area (TPSA) is 43.1 Å². The molecule has 0 heterocycles. The van der Waals surface area contributed by atoms with Crippen LogP contribution in [0, 0.1) is 5.92 Å². The van der Waals surface area contributed by atoms with Gasteiger partial charge in [-0.1, -0.05) is 63.6 Å². The molecule has 0 bridgehead atoms. The van der Waals surface area contributed by atoms with Crippen LogP contribution in [0.1, 0.15) is 63.9 Å². The molecular weight excluding hydrogens is 258 g/mol. The van der Waals surface area contributed by atoms with Gasteiger partial charge in [-0.05, 0) is 43.1 Å². The predicted octanol–water partition coefficient (Wildman–Crippen LogP) is 4.81. The highest BCUT2D eigenvalue weighted by Crippen LogP contribution is 2.31. The average molecular weight is 287 g/mol. The molecule has 0 spiro atoms. The molecule has 2 atom stereocenters. The second-order valence-electron chi connectivity index (χ2n) is 5.85. The highest BCUT2D eigenvalue weighted by molar-refractivity contribution is 5.91. The van der Waals surface area contributed by atoms with Crippen molar-refractivity contribution in [3.8, 4) is 0 Å². The van der Waals surface area contributed by atoms with E-state index >= 15 is 0 Å². The number of hydrogen-bond acceptors (Lipinski definition) is 1. The van der Waals surface area contributed by atoms with Crippen LogP contribution in [-0.2, 0) is 4.79 Å². The maximum Gasteiger partial charge on any atom is 0.244 e. The molecule has 0 fully saturated rings. The number of primary amides is 1. The van der Waals surface area contributed by atoms with Gasteiger partial charge in [0, 0.05) is 5.57 Å². The first-order chi connectivity index (χ1) is 10.1. The summed E-state index contributed by atoms with van der Waals surface area (Å²) in [4.78, 5) is 11.4. The number of nitrogens with two attached hydrogens (primary N) is 1. The van der Waals surface area contributed by atoms with E-state index < -0.39 is 0 Å². The lowest BCUT2D eigenvalue weighted by Gasteiger charge is -2.22. The van der Waals surface area contributed by atoms with Gasteiger partial charge in [0.25, 0.3) is 0 Å². The van der Waals surface area contributed by atoms with Gasteiger partial charge in [0.15, 0.2) is 0 Å². The van der Waals surface area contributed by atoms with E-state index in [1.165, 1.54) is 18.4 Å². The molecule has 2 unspecified atom stereocenters. The van der Waals surface area contributed by atoms with Crippen molar-refractivity contribution in [2.45, 2.75) is 58.3 Å². The van der Waals surface area contributed by atoms with Gasteiger partial charge >= 0.3 is 0 Å².